The van der Waals surface area contributed by atoms with E-state index in [-0.39, 0.29) is 18.3 Å². The molecule has 0 bridgehead atoms. The van der Waals surface area contributed by atoms with Crippen molar-refractivity contribution in [1.82, 2.24) is 10.3 Å². The molecule has 2 aromatic rings. The Hall–Kier alpha value is -2.23. The lowest BCUT2D eigenvalue weighted by Gasteiger charge is -2.05. The van der Waals surface area contributed by atoms with Gasteiger partial charge in [-0.3, -0.25) is 9.78 Å². The number of pyridine rings is 1. The molecule has 0 saturated heterocycles. The molecule has 2 rings (SSSR count). The summed E-state index contributed by atoms with van der Waals surface area (Å²) in [4.78, 5) is 15.6. The highest BCUT2D eigenvalue weighted by Crippen LogP contribution is 2.09. The Bertz CT molecular complexity index is 555. The Morgan fingerprint density at radius 2 is 2.17 bits per heavy atom. The monoisotopic (exact) mass is 244 g/mol. The molecule has 1 heterocycles. The lowest BCUT2D eigenvalue weighted by atomic mass is 10.1. The summed E-state index contributed by atoms with van der Waals surface area (Å²) < 4.78 is 13.3. The molecule has 1 N–H and O–H groups in total. The van der Waals surface area contributed by atoms with E-state index in [1.807, 2.05) is 0 Å². The number of rotatable bonds is 3. The minimum absolute atomic E-state index is 0.264. The van der Waals surface area contributed by atoms with Crippen LogP contribution in [0.1, 0.15) is 21.6 Å². The first-order valence-electron chi connectivity index (χ1n) is 5.61. The van der Waals surface area contributed by atoms with Crippen LogP contribution in [0.5, 0.6) is 0 Å². The van der Waals surface area contributed by atoms with Gasteiger partial charge in [0.05, 0.1) is 0 Å². The fraction of sp³-hybridized carbons (Fsp3) is 0.143. The maximum Gasteiger partial charge on any atom is 0.270 e. The molecule has 1 amide bonds. The number of carbonyl (C=O) groups excluding carboxylic acids is 1. The van der Waals surface area contributed by atoms with E-state index in [2.05, 4.69) is 10.3 Å². The Morgan fingerprint density at radius 1 is 1.33 bits per heavy atom. The molecule has 0 radical (unpaired) electrons. The third kappa shape index (κ3) is 2.91. The zero-order valence-electron chi connectivity index (χ0n) is 9.98. The van der Waals surface area contributed by atoms with Crippen molar-refractivity contribution in [2.45, 2.75) is 13.5 Å². The first-order chi connectivity index (χ1) is 8.66. The predicted octanol–water partition coefficient (Wildman–Crippen LogP) is 2.46. The number of carbonyl (C=O) groups is 1. The largest absolute Gasteiger partial charge is 0.347 e. The number of halogens is 1. The summed E-state index contributed by atoms with van der Waals surface area (Å²) in [6.07, 6.45) is 1.56. The minimum atomic E-state index is -0.267. The molecule has 0 fully saturated rings. The maximum absolute atomic E-state index is 13.3. The number of amides is 1. The van der Waals surface area contributed by atoms with Gasteiger partial charge in [0, 0.05) is 12.7 Å². The van der Waals surface area contributed by atoms with E-state index < -0.39 is 0 Å². The van der Waals surface area contributed by atoms with Gasteiger partial charge < -0.3 is 5.32 Å². The van der Waals surface area contributed by atoms with E-state index in [1.54, 1.807) is 43.5 Å². The molecule has 0 aliphatic carbocycles. The van der Waals surface area contributed by atoms with Gasteiger partial charge in [-0.25, -0.2) is 4.39 Å². The molecule has 0 unspecified atom stereocenters. The highest BCUT2D eigenvalue weighted by Gasteiger charge is 2.06. The van der Waals surface area contributed by atoms with E-state index in [1.165, 1.54) is 6.07 Å². The van der Waals surface area contributed by atoms with Crippen LogP contribution in [-0.4, -0.2) is 10.9 Å². The third-order valence-electron chi connectivity index (χ3n) is 2.59. The van der Waals surface area contributed by atoms with Crippen molar-refractivity contribution in [2.24, 2.45) is 0 Å². The summed E-state index contributed by atoms with van der Waals surface area (Å²) in [5, 5.41) is 2.69. The fourth-order valence-corrected chi connectivity index (χ4v) is 1.52. The number of hydrogen-bond donors (Lipinski definition) is 1. The molecule has 1 aromatic carbocycles. The van der Waals surface area contributed by atoms with E-state index in [0.29, 0.717) is 11.3 Å². The van der Waals surface area contributed by atoms with E-state index in [4.69, 9.17) is 0 Å². The number of aromatic nitrogens is 1. The van der Waals surface area contributed by atoms with Crippen LogP contribution in [0.2, 0.25) is 0 Å². The summed E-state index contributed by atoms with van der Waals surface area (Å²) in [7, 11) is 0. The minimum Gasteiger partial charge on any atom is -0.347 e. The number of aryl methyl sites for hydroxylation is 1. The molecule has 0 spiro atoms. The number of nitrogens with one attached hydrogen (secondary N) is 1. The van der Waals surface area contributed by atoms with Crippen LogP contribution in [0, 0.1) is 12.7 Å². The SMILES string of the molecule is Cc1ccc(CNC(=O)c2ccccn2)cc1F. The van der Waals surface area contributed by atoms with Gasteiger partial charge in [0.25, 0.3) is 5.91 Å². The second-order valence-corrected chi connectivity index (χ2v) is 3.98. The summed E-state index contributed by atoms with van der Waals surface area (Å²) in [6.45, 7) is 1.98. The number of hydrogen-bond acceptors (Lipinski definition) is 2. The van der Waals surface area contributed by atoms with Crippen LogP contribution in [0.15, 0.2) is 42.6 Å². The maximum atomic E-state index is 13.3. The van der Waals surface area contributed by atoms with Crippen molar-refractivity contribution in [3.05, 3.63) is 65.2 Å². The van der Waals surface area contributed by atoms with E-state index in [9.17, 15) is 9.18 Å². The lowest BCUT2D eigenvalue weighted by Crippen LogP contribution is -2.23. The van der Waals surface area contributed by atoms with E-state index >= 15 is 0 Å². The Kier molecular flexibility index (Phi) is 3.67. The summed E-state index contributed by atoms with van der Waals surface area (Å²) in [6, 6.07) is 10.0. The normalized spacial score (nSPS) is 10.1. The molecule has 4 heteroatoms. The standard InChI is InChI=1S/C14H13FN2O/c1-10-5-6-11(8-12(10)15)9-17-14(18)13-4-2-3-7-16-13/h2-8H,9H2,1H3,(H,17,18). The molecule has 0 atom stereocenters. The average molecular weight is 244 g/mol. The van der Waals surface area contributed by atoms with E-state index in [0.717, 1.165) is 5.56 Å². The van der Waals surface area contributed by atoms with Crippen molar-refractivity contribution < 1.29 is 9.18 Å². The van der Waals surface area contributed by atoms with Gasteiger partial charge in [-0.05, 0) is 36.2 Å². The zero-order valence-corrected chi connectivity index (χ0v) is 9.98. The van der Waals surface area contributed by atoms with Crippen LogP contribution in [0.25, 0.3) is 0 Å². The van der Waals surface area contributed by atoms with Gasteiger partial charge in [-0.2, -0.15) is 0 Å². The summed E-state index contributed by atoms with van der Waals surface area (Å²) in [5.41, 5.74) is 1.67. The highest BCUT2D eigenvalue weighted by molar-refractivity contribution is 5.92. The molecule has 3 nitrogen and oxygen atoms in total. The summed E-state index contributed by atoms with van der Waals surface area (Å²) >= 11 is 0. The Labute approximate surface area is 105 Å². The second kappa shape index (κ2) is 5.40. The molecule has 1 aromatic heterocycles. The fourth-order valence-electron chi connectivity index (χ4n) is 1.52. The highest BCUT2D eigenvalue weighted by atomic mass is 19.1. The van der Waals surface area contributed by atoms with Crippen LogP contribution in [-0.2, 0) is 6.54 Å². The molecule has 0 aliphatic rings. The van der Waals surface area contributed by atoms with Crippen LogP contribution in [0.4, 0.5) is 4.39 Å². The van der Waals surface area contributed by atoms with Crippen LogP contribution >= 0.6 is 0 Å². The lowest BCUT2D eigenvalue weighted by molar-refractivity contribution is 0.0946. The first-order valence-corrected chi connectivity index (χ1v) is 5.61. The van der Waals surface area contributed by atoms with Gasteiger partial charge in [0.15, 0.2) is 0 Å². The quantitative estimate of drug-likeness (QED) is 0.901. The van der Waals surface area contributed by atoms with Crippen LogP contribution in [0.3, 0.4) is 0 Å². The smallest absolute Gasteiger partial charge is 0.270 e. The second-order valence-electron chi connectivity index (χ2n) is 3.98. The molecular formula is C14H13FN2O. The topological polar surface area (TPSA) is 42.0 Å². The predicted molar refractivity (Wildman–Crippen MR) is 66.5 cm³/mol. The number of nitrogens with zero attached hydrogens (tertiary/aromatic N) is 1. The Morgan fingerprint density at radius 3 is 2.83 bits per heavy atom. The van der Waals surface area contributed by atoms with Crippen molar-refractivity contribution in [1.29, 1.82) is 0 Å². The molecule has 0 aliphatic heterocycles. The van der Waals surface area contributed by atoms with Crippen molar-refractivity contribution in [3.63, 3.8) is 0 Å². The number of benzene rings is 1. The van der Waals surface area contributed by atoms with Crippen molar-refractivity contribution in [2.75, 3.05) is 0 Å². The van der Waals surface area contributed by atoms with Gasteiger partial charge >= 0.3 is 0 Å². The molecular weight excluding hydrogens is 231 g/mol. The summed E-state index contributed by atoms with van der Waals surface area (Å²) in [5.74, 6) is -0.531. The first kappa shape index (κ1) is 12.2. The molecule has 92 valence electrons. The molecule has 0 saturated carbocycles. The molecule has 18 heavy (non-hydrogen) atoms. The van der Waals surface area contributed by atoms with Gasteiger partial charge in [0.2, 0.25) is 0 Å². The van der Waals surface area contributed by atoms with Crippen molar-refractivity contribution >= 4 is 5.91 Å². The average Bonchev–Trinajstić information content (AvgIpc) is 2.41. The third-order valence-corrected chi connectivity index (χ3v) is 2.59. The van der Waals surface area contributed by atoms with Crippen LogP contribution < -0.4 is 5.32 Å². The zero-order chi connectivity index (χ0) is 13.0. The van der Waals surface area contributed by atoms with Gasteiger partial charge in [0.1, 0.15) is 11.5 Å². The van der Waals surface area contributed by atoms with Gasteiger partial charge in [-0.15, -0.1) is 0 Å². The Balaban J connectivity index is 1.99. The van der Waals surface area contributed by atoms with Crippen molar-refractivity contribution in [3.8, 4) is 0 Å². The van der Waals surface area contributed by atoms with Gasteiger partial charge in [-0.1, -0.05) is 18.2 Å².